The highest BCUT2D eigenvalue weighted by molar-refractivity contribution is 7.22. The number of para-hydroxylation sites is 1. The number of hydrogen-bond donors (Lipinski definition) is 3. The van der Waals surface area contributed by atoms with Gasteiger partial charge in [0.2, 0.25) is 0 Å². The van der Waals surface area contributed by atoms with Crippen LogP contribution in [0, 0.1) is 0 Å². The van der Waals surface area contributed by atoms with Crippen molar-refractivity contribution in [2.24, 2.45) is 0 Å². The summed E-state index contributed by atoms with van der Waals surface area (Å²) in [6.07, 6.45) is 0. The number of nitrogens with one attached hydrogen (secondary N) is 3. The molecule has 2 aromatic heterocycles. The minimum absolute atomic E-state index is 0.305. The number of anilines is 1. The number of nitrogens with zero attached hydrogens (tertiary/aromatic N) is 2. The first kappa shape index (κ1) is 21.8. The number of likely N-dealkylation sites (N-methyl/N-ethyl adjacent to an activating group) is 1. The Morgan fingerprint density at radius 3 is 2.80 bits per heavy atom. The second-order valence-corrected chi connectivity index (χ2v) is 7.79. The molecule has 0 unspecified atom stereocenters. The fourth-order valence-corrected chi connectivity index (χ4v) is 4.21. The van der Waals surface area contributed by atoms with Crippen LogP contribution in [-0.2, 0) is 11.4 Å². The van der Waals surface area contributed by atoms with Crippen LogP contribution in [-0.4, -0.2) is 54.3 Å². The zero-order valence-electron chi connectivity index (χ0n) is 17.2. The largest absolute Gasteiger partial charge is 0.383 e. The van der Waals surface area contributed by atoms with E-state index < -0.39 is 11.2 Å². The monoisotopic (exact) mass is 431 g/mol. The van der Waals surface area contributed by atoms with Crippen LogP contribution in [0.3, 0.4) is 0 Å². The van der Waals surface area contributed by atoms with E-state index in [-0.39, 0.29) is 6.03 Å². The normalized spacial score (nSPS) is 11.2. The Morgan fingerprint density at radius 1 is 1.30 bits per heavy atom. The van der Waals surface area contributed by atoms with Crippen molar-refractivity contribution in [1.82, 2.24) is 19.8 Å². The van der Waals surface area contributed by atoms with Gasteiger partial charge in [0.15, 0.2) is 0 Å². The Morgan fingerprint density at radius 2 is 2.07 bits per heavy atom. The molecule has 0 saturated carbocycles. The molecule has 0 spiro atoms. The number of carbonyl (C=O) groups excluding carboxylic acids is 1. The molecular weight excluding hydrogens is 406 g/mol. The minimum Gasteiger partial charge on any atom is -0.383 e. The third kappa shape index (κ3) is 4.78. The zero-order valence-corrected chi connectivity index (χ0v) is 18.0. The number of aromatic nitrogens is 2. The molecule has 3 N–H and O–H groups in total. The van der Waals surface area contributed by atoms with E-state index in [0.29, 0.717) is 42.3 Å². The number of H-pyrrole nitrogens is 1. The molecule has 2 heterocycles. The fourth-order valence-electron chi connectivity index (χ4n) is 3.02. The summed E-state index contributed by atoms with van der Waals surface area (Å²) in [4.78, 5) is 42.6. The third-order valence-corrected chi connectivity index (χ3v) is 5.70. The lowest BCUT2D eigenvalue weighted by atomic mass is 10.1. The van der Waals surface area contributed by atoms with Crippen molar-refractivity contribution in [3.8, 4) is 10.4 Å². The van der Waals surface area contributed by atoms with Crippen molar-refractivity contribution in [3.05, 3.63) is 51.2 Å². The number of rotatable bonds is 8. The molecule has 0 aliphatic rings. The van der Waals surface area contributed by atoms with Gasteiger partial charge in [-0.2, -0.15) is 0 Å². The standard InChI is InChI=1S/C20H25N5O4S/c1-4-21-19(27)22-15-8-6-5-7-13(15)16-11-14-17(26)23-20(28)25(18(14)30-16)12-24(2)9-10-29-3/h5-8,11H,4,9-10,12H2,1-3H3,(H2,21,22,27)(H,23,26,28). The van der Waals surface area contributed by atoms with Crippen molar-refractivity contribution in [2.45, 2.75) is 13.6 Å². The predicted octanol–water partition coefficient (Wildman–Crippen LogP) is 2.10. The summed E-state index contributed by atoms with van der Waals surface area (Å²) < 4.78 is 6.63. The van der Waals surface area contributed by atoms with Crippen LogP contribution >= 0.6 is 11.3 Å². The number of carbonyl (C=O) groups is 1. The highest BCUT2D eigenvalue weighted by Gasteiger charge is 2.16. The van der Waals surface area contributed by atoms with E-state index in [1.54, 1.807) is 23.8 Å². The summed E-state index contributed by atoms with van der Waals surface area (Å²) in [6.45, 7) is 3.84. The zero-order chi connectivity index (χ0) is 21.7. The van der Waals surface area contributed by atoms with E-state index in [9.17, 15) is 14.4 Å². The van der Waals surface area contributed by atoms with Gasteiger partial charge < -0.3 is 15.4 Å². The number of amides is 2. The van der Waals surface area contributed by atoms with Gasteiger partial charge in [0.1, 0.15) is 4.83 Å². The number of ether oxygens (including phenoxy) is 1. The number of fused-ring (bicyclic) bond motifs is 1. The molecule has 30 heavy (non-hydrogen) atoms. The number of thiophene rings is 1. The fraction of sp³-hybridized carbons (Fsp3) is 0.350. The molecule has 0 radical (unpaired) electrons. The van der Waals surface area contributed by atoms with Crippen molar-refractivity contribution < 1.29 is 9.53 Å². The summed E-state index contributed by atoms with van der Waals surface area (Å²) in [5.41, 5.74) is 0.509. The summed E-state index contributed by atoms with van der Waals surface area (Å²) in [7, 11) is 3.50. The van der Waals surface area contributed by atoms with Gasteiger partial charge in [-0.25, -0.2) is 9.59 Å². The van der Waals surface area contributed by atoms with Crippen molar-refractivity contribution in [2.75, 3.05) is 39.2 Å². The molecule has 0 fully saturated rings. The Labute approximate surface area is 177 Å². The average molecular weight is 432 g/mol. The smallest absolute Gasteiger partial charge is 0.330 e. The number of aromatic amines is 1. The molecule has 0 aliphatic heterocycles. The number of hydrogen-bond acceptors (Lipinski definition) is 6. The summed E-state index contributed by atoms with van der Waals surface area (Å²) in [6, 6.07) is 8.80. The molecule has 0 saturated heterocycles. The highest BCUT2D eigenvalue weighted by Crippen LogP contribution is 2.35. The minimum atomic E-state index is -0.459. The summed E-state index contributed by atoms with van der Waals surface area (Å²) in [5.74, 6) is 0. The average Bonchev–Trinajstić information content (AvgIpc) is 3.16. The molecule has 0 aliphatic carbocycles. The molecular formula is C20H25N5O4S. The van der Waals surface area contributed by atoms with Crippen LogP contribution in [0.5, 0.6) is 0 Å². The van der Waals surface area contributed by atoms with Crippen LogP contribution in [0.4, 0.5) is 10.5 Å². The van der Waals surface area contributed by atoms with Gasteiger partial charge in [-0.1, -0.05) is 18.2 Å². The maximum Gasteiger partial charge on any atom is 0.330 e. The summed E-state index contributed by atoms with van der Waals surface area (Å²) >= 11 is 1.34. The number of urea groups is 1. The van der Waals surface area contributed by atoms with Crippen LogP contribution in [0.15, 0.2) is 39.9 Å². The van der Waals surface area contributed by atoms with E-state index >= 15 is 0 Å². The van der Waals surface area contributed by atoms with Gasteiger partial charge in [-0.05, 0) is 26.1 Å². The molecule has 2 amide bonds. The molecule has 160 valence electrons. The Bertz CT molecular complexity index is 1150. The van der Waals surface area contributed by atoms with E-state index in [4.69, 9.17) is 4.74 Å². The van der Waals surface area contributed by atoms with Gasteiger partial charge in [-0.15, -0.1) is 11.3 Å². The molecule has 3 rings (SSSR count). The van der Waals surface area contributed by atoms with Gasteiger partial charge in [0.05, 0.1) is 24.3 Å². The second kappa shape index (κ2) is 9.70. The van der Waals surface area contributed by atoms with Crippen molar-refractivity contribution >= 4 is 33.3 Å². The lowest BCUT2D eigenvalue weighted by Gasteiger charge is -2.17. The maximum absolute atomic E-state index is 12.5. The third-order valence-electron chi connectivity index (χ3n) is 4.51. The Balaban J connectivity index is 2.05. The van der Waals surface area contributed by atoms with Crippen LogP contribution in [0.25, 0.3) is 20.7 Å². The van der Waals surface area contributed by atoms with Gasteiger partial charge in [0.25, 0.3) is 5.56 Å². The number of benzene rings is 1. The van der Waals surface area contributed by atoms with Gasteiger partial charge in [0, 0.05) is 30.6 Å². The lowest BCUT2D eigenvalue weighted by Crippen LogP contribution is -2.35. The molecule has 0 bridgehead atoms. The first-order valence-corrected chi connectivity index (χ1v) is 10.3. The van der Waals surface area contributed by atoms with E-state index in [2.05, 4.69) is 15.6 Å². The molecule has 3 aromatic rings. The van der Waals surface area contributed by atoms with E-state index in [0.717, 1.165) is 10.4 Å². The van der Waals surface area contributed by atoms with E-state index in [1.165, 1.54) is 11.3 Å². The van der Waals surface area contributed by atoms with Crippen LogP contribution in [0.2, 0.25) is 0 Å². The molecule has 0 atom stereocenters. The van der Waals surface area contributed by atoms with E-state index in [1.807, 2.05) is 37.1 Å². The van der Waals surface area contributed by atoms with Crippen LogP contribution in [0.1, 0.15) is 6.92 Å². The van der Waals surface area contributed by atoms with Crippen molar-refractivity contribution in [3.63, 3.8) is 0 Å². The summed E-state index contributed by atoms with van der Waals surface area (Å²) in [5, 5.41) is 5.96. The topological polar surface area (TPSA) is 108 Å². The molecule has 9 nitrogen and oxygen atoms in total. The first-order valence-electron chi connectivity index (χ1n) is 9.53. The quantitative estimate of drug-likeness (QED) is 0.506. The van der Waals surface area contributed by atoms with Gasteiger partial charge in [-0.3, -0.25) is 19.2 Å². The Kier molecular flexibility index (Phi) is 7.03. The SMILES string of the molecule is CCNC(=O)Nc1ccccc1-c1cc2c(=O)[nH]c(=O)n(CN(C)CCOC)c2s1. The Hall–Kier alpha value is -2.95. The van der Waals surface area contributed by atoms with Crippen LogP contribution < -0.4 is 21.9 Å². The molecule has 1 aromatic carbocycles. The lowest BCUT2D eigenvalue weighted by molar-refractivity contribution is 0.146. The number of methoxy groups -OCH3 is 1. The molecule has 10 heteroatoms. The van der Waals surface area contributed by atoms with Gasteiger partial charge >= 0.3 is 11.7 Å². The maximum atomic E-state index is 12.5. The first-order chi connectivity index (χ1) is 14.4. The predicted molar refractivity (Wildman–Crippen MR) is 119 cm³/mol. The van der Waals surface area contributed by atoms with Crippen molar-refractivity contribution in [1.29, 1.82) is 0 Å². The highest BCUT2D eigenvalue weighted by atomic mass is 32.1. The second-order valence-electron chi connectivity index (χ2n) is 6.76.